The van der Waals surface area contributed by atoms with Crippen LogP contribution in [-0.4, -0.2) is 38.7 Å². The van der Waals surface area contributed by atoms with Gasteiger partial charge in [0, 0.05) is 8.80 Å². The molecule has 4 heteroatoms. The summed E-state index contributed by atoms with van der Waals surface area (Å²) >= 11 is 0.366. The number of hydrogen-bond acceptors (Lipinski definition) is 0. The lowest BCUT2D eigenvalue weighted by atomic mass is 10.0. The van der Waals surface area contributed by atoms with Crippen LogP contribution in [0, 0.1) is 5.92 Å². The molecular weight excluding hydrogens is 260 g/mol. The first kappa shape index (κ1) is 19.8. The van der Waals surface area contributed by atoms with Crippen LogP contribution in [0.2, 0.25) is 27.5 Å². The fourth-order valence-corrected chi connectivity index (χ4v) is 13.1. The Balaban J connectivity index is 0. The predicted octanol–water partition coefficient (Wildman–Crippen LogP) is 3.74. The van der Waals surface area contributed by atoms with Crippen molar-refractivity contribution in [3.63, 3.8) is 0 Å². The molecule has 1 atom stereocenters. The highest BCUT2D eigenvalue weighted by molar-refractivity contribution is 6.71. The number of hydrogen-bond donors (Lipinski definition) is 0. The third-order valence-corrected chi connectivity index (χ3v) is 14.9. The molecule has 0 rings (SSSR count). The smallest absolute Gasteiger partial charge is 0.155 e. The van der Waals surface area contributed by atoms with Crippen LogP contribution in [0.3, 0.4) is 0 Å². The summed E-state index contributed by atoms with van der Waals surface area (Å²) in [5.74, 6) is 1.11. The van der Waals surface area contributed by atoms with E-state index in [-0.39, 0.29) is 21.2 Å². The molecule has 0 N–H and O–H groups in total. The van der Waals surface area contributed by atoms with Crippen LogP contribution in [0.5, 0.6) is 0 Å². The van der Waals surface area contributed by atoms with Crippen LogP contribution in [0.15, 0.2) is 0 Å². The summed E-state index contributed by atoms with van der Waals surface area (Å²) in [6, 6.07) is 0. The molecule has 0 aliphatic heterocycles. The van der Waals surface area contributed by atoms with Gasteiger partial charge in [-0.05, 0) is 9.52 Å². The highest BCUT2D eigenvalue weighted by atomic mass is 35.5. The number of unbranched alkanes of at least 4 members (excludes halogenated alkanes) is 1. The normalized spacial score (nSPS) is 12.8. The Labute approximate surface area is 123 Å². The van der Waals surface area contributed by atoms with Gasteiger partial charge in [-0.25, -0.2) is 0 Å². The zero-order valence-corrected chi connectivity index (χ0v) is 16.7. The van der Waals surface area contributed by atoms with Crippen LogP contribution in [-0.2, 0) is 0 Å². The van der Waals surface area contributed by atoms with Gasteiger partial charge in [0.2, 0.25) is 0 Å². The molecule has 0 aromatic rings. The zero-order valence-electron chi connectivity index (χ0n) is 11.9. The summed E-state index contributed by atoms with van der Waals surface area (Å²) in [6.45, 7) is 9.76. The molecule has 0 aliphatic rings. The van der Waals surface area contributed by atoms with Crippen molar-refractivity contribution in [1.29, 1.82) is 0 Å². The van der Waals surface area contributed by atoms with Crippen LogP contribution < -0.4 is 0 Å². The van der Waals surface area contributed by atoms with E-state index in [0.717, 1.165) is 5.92 Å². The fraction of sp³-hybridized carbons (Fsp3) is 1.00. The van der Waals surface area contributed by atoms with E-state index >= 15 is 0 Å². The maximum atomic E-state index is 2.52. The third-order valence-electron chi connectivity index (χ3n) is 3.44. The minimum atomic E-state index is -0.180. The quantitative estimate of drug-likeness (QED) is 0.425. The third kappa shape index (κ3) is 13.6. The van der Waals surface area contributed by atoms with Gasteiger partial charge >= 0.3 is 20.4 Å². The molecule has 0 aromatic heterocycles. The summed E-state index contributed by atoms with van der Waals surface area (Å²) in [6.07, 6.45) is 5.85. The van der Waals surface area contributed by atoms with Crippen molar-refractivity contribution in [3.05, 3.63) is 0 Å². The van der Waals surface area contributed by atoms with Crippen molar-refractivity contribution in [2.45, 2.75) is 67.0 Å². The largest absolute Gasteiger partial charge is 0.360 e. The minimum Gasteiger partial charge on any atom is -0.155 e. The first-order chi connectivity index (χ1) is 7.20. The van der Waals surface area contributed by atoms with Crippen LogP contribution >= 0.6 is 12.4 Å². The SMILES string of the molecule is CCCCC(CC)[CH2][Mg][CH2][SiH2]C[SiH](C)C.Cl. The molecule has 0 radical (unpaired) electrons. The van der Waals surface area contributed by atoms with Crippen LogP contribution in [0.4, 0.5) is 0 Å². The van der Waals surface area contributed by atoms with Crippen molar-refractivity contribution in [1.82, 2.24) is 0 Å². The van der Waals surface area contributed by atoms with Crippen molar-refractivity contribution in [2.24, 2.45) is 5.92 Å². The average molecular weight is 291 g/mol. The molecule has 0 spiro atoms. The molecule has 0 aromatic carbocycles. The van der Waals surface area contributed by atoms with Gasteiger partial charge in [-0.15, -0.1) is 17.0 Å². The molecule has 0 aliphatic carbocycles. The minimum absolute atomic E-state index is 0. The zero-order chi connectivity index (χ0) is 11.5. The van der Waals surface area contributed by atoms with Gasteiger partial charge in [-0.2, -0.15) is 4.17 Å². The predicted molar refractivity (Wildman–Crippen MR) is 88.2 cm³/mol. The topological polar surface area (TPSA) is 0 Å². The van der Waals surface area contributed by atoms with Gasteiger partial charge < -0.3 is 0 Å². The number of halogens is 1. The van der Waals surface area contributed by atoms with Crippen LogP contribution in [0.25, 0.3) is 0 Å². The Bertz CT molecular complexity index is 134. The van der Waals surface area contributed by atoms with E-state index in [1.165, 1.54) is 25.7 Å². The summed E-state index contributed by atoms with van der Waals surface area (Å²) in [7, 11) is 0.238. The van der Waals surface area contributed by atoms with E-state index in [4.69, 9.17) is 0 Å². The van der Waals surface area contributed by atoms with Crippen molar-refractivity contribution < 1.29 is 0 Å². The van der Waals surface area contributed by atoms with Gasteiger partial charge in [0.15, 0.2) is 0 Å². The van der Waals surface area contributed by atoms with E-state index < -0.39 is 0 Å². The van der Waals surface area contributed by atoms with Crippen molar-refractivity contribution in [3.8, 4) is 0 Å². The average Bonchev–Trinajstić information content (AvgIpc) is 2.21. The maximum absolute atomic E-state index is 2.52. The van der Waals surface area contributed by atoms with Crippen LogP contribution in [0.1, 0.15) is 39.5 Å². The summed E-state index contributed by atoms with van der Waals surface area (Å²) in [4.78, 5) is 0. The molecular formula is C12H31ClMgSi2. The molecule has 96 valence electrons. The Morgan fingerprint density at radius 1 is 1.25 bits per heavy atom. The van der Waals surface area contributed by atoms with E-state index in [9.17, 15) is 0 Å². The molecule has 0 saturated carbocycles. The monoisotopic (exact) mass is 290 g/mol. The van der Waals surface area contributed by atoms with E-state index in [0.29, 0.717) is 29.9 Å². The van der Waals surface area contributed by atoms with Gasteiger partial charge in [0.05, 0.1) is 0 Å². The standard InChI is InChI=1S/C8H17.C4H13Si2.ClH.Mg/c1-4-6-7-8(3)5-2;1-5-4-6(2)3;;/h8H,3-7H2,1-2H3;6H,1,4-5H2,2-3H3;1H;. The first-order valence-electron chi connectivity index (χ1n) is 7.20. The molecule has 0 saturated heterocycles. The second-order valence-electron chi connectivity index (χ2n) is 5.45. The summed E-state index contributed by atoms with van der Waals surface area (Å²) < 4.78 is 3.44. The summed E-state index contributed by atoms with van der Waals surface area (Å²) in [5.41, 5.74) is 1.73. The van der Waals surface area contributed by atoms with Gasteiger partial charge in [-0.3, -0.25) is 0 Å². The molecule has 16 heavy (non-hydrogen) atoms. The van der Waals surface area contributed by atoms with E-state index in [1.54, 1.807) is 14.4 Å². The molecule has 0 heterocycles. The Hall–Kier alpha value is 1.49. The summed E-state index contributed by atoms with van der Waals surface area (Å²) in [5, 5.41) is 0. The molecule has 1 unspecified atom stereocenters. The molecule has 0 amide bonds. The second kappa shape index (κ2) is 14.6. The second-order valence-corrected chi connectivity index (χ2v) is 15.4. The highest BCUT2D eigenvalue weighted by Crippen LogP contribution is 2.17. The molecule has 0 nitrogen and oxygen atoms in total. The molecule has 0 bridgehead atoms. The van der Waals surface area contributed by atoms with Crippen molar-refractivity contribution in [2.75, 3.05) is 0 Å². The van der Waals surface area contributed by atoms with E-state index in [2.05, 4.69) is 26.9 Å². The number of rotatable bonds is 10. The molecule has 0 fully saturated rings. The van der Waals surface area contributed by atoms with Crippen molar-refractivity contribution >= 4 is 51.1 Å². The first-order valence-corrected chi connectivity index (χ1v) is 14.3. The highest BCUT2D eigenvalue weighted by Gasteiger charge is 2.07. The Kier molecular flexibility index (Phi) is 18.0. The fourth-order valence-electron chi connectivity index (χ4n) is 2.21. The lowest BCUT2D eigenvalue weighted by Crippen LogP contribution is -2.09. The lowest BCUT2D eigenvalue weighted by molar-refractivity contribution is 0.490. The lowest BCUT2D eigenvalue weighted by Gasteiger charge is -2.13. The maximum Gasteiger partial charge on any atom is 0.360 e. The van der Waals surface area contributed by atoms with E-state index in [1.807, 2.05) is 0 Å². The Morgan fingerprint density at radius 2 is 1.94 bits per heavy atom. The van der Waals surface area contributed by atoms with Gasteiger partial charge in [0.25, 0.3) is 0 Å². The Morgan fingerprint density at radius 3 is 2.44 bits per heavy atom. The van der Waals surface area contributed by atoms with Gasteiger partial charge in [0.1, 0.15) is 0 Å². The van der Waals surface area contributed by atoms with Gasteiger partial charge in [-0.1, -0.05) is 64.2 Å².